The van der Waals surface area contributed by atoms with Crippen LogP contribution < -0.4 is 5.73 Å². The third kappa shape index (κ3) is 3.08. The van der Waals surface area contributed by atoms with Crippen molar-refractivity contribution in [3.8, 4) is 11.8 Å². The molecule has 0 bridgehead atoms. The number of nitrogens with zero attached hydrogens (tertiary/aromatic N) is 3. The topological polar surface area (TPSA) is 106 Å². The smallest absolute Gasteiger partial charge is 0.151 e. The number of nitrogen functional groups attached to an aromatic ring is 1. The molecule has 7 nitrogen and oxygen atoms in total. The zero-order chi connectivity index (χ0) is 20.7. The number of imidazole rings is 1. The largest absolute Gasteiger partial charge is 0.394 e. The first kappa shape index (κ1) is 18.6. The Labute approximate surface area is 172 Å². The first-order valence-electron chi connectivity index (χ1n) is 9.71. The van der Waals surface area contributed by atoms with Crippen LogP contribution in [0, 0.1) is 11.8 Å². The summed E-state index contributed by atoms with van der Waals surface area (Å²) in [6.45, 7) is -0.248. The molecule has 3 heterocycles. The van der Waals surface area contributed by atoms with Gasteiger partial charge in [-0.15, -0.1) is 0 Å². The standard InChI is InChI=1S/C23H20N4O3/c24-23-21-22(27(13-26-21)20-10-18(29)19(12-28)30-20)16(11-25-23)9-8-15-6-3-5-14-4-1-2-7-17(14)15/h1-7,11,13,18-20,28-29H,10,12H2,(H2,24,25)/t18-,19+,20+/m0/s1. The van der Waals surface area contributed by atoms with E-state index in [0.717, 1.165) is 16.3 Å². The van der Waals surface area contributed by atoms with Crippen molar-refractivity contribution in [2.75, 3.05) is 12.3 Å². The monoisotopic (exact) mass is 400 g/mol. The Balaban J connectivity index is 1.62. The fourth-order valence-corrected chi connectivity index (χ4v) is 3.90. The average molecular weight is 400 g/mol. The molecule has 1 fully saturated rings. The summed E-state index contributed by atoms with van der Waals surface area (Å²) in [5.74, 6) is 6.77. The van der Waals surface area contributed by atoms with Crippen LogP contribution in [0.25, 0.3) is 21.8 Å². The summed E-state index contributed by atoms with van der Waals surface area (Å²) < 4.78 is 7.61. The number of aliphatic hydroxyl groups is 2. The van der Waals surface area contributed by atoms with Crippen LogP contribution in [0.3, 0.4) is 0 Å². The van der Waals surface area contributed by atoms with Crippen molar-refractivity contribution < 1.29 is 14.9 Å². The molecule has 1 saturated heterocycles. The van der Waals surface area contributed by atoms with Gasteiger partial charge in [-0.1, -0.05) is 48.2 Å². The summed E-state index contributed by atoms with van der Waals surface area (Å²) >= 11 is 0. The van der Waals surface area contributed by atoms with E-state index < -0.39 is 18.4 Å². The number of pyridine rings is 1. The van der Waals surface area contributed by atoms with Gasteiger partial charge in [0.15, 0.2) is 5.82 Å². The van der Waals surface area contributed by atoms with E-state index >= 15 is 0 Å². The molecule has 0 saturated carbocycles. The molecule has 1 aliphatic heterocycles. The van der Waals surface area contributed by atoms with Crippen molar-refractivity contribution in [2.24, 2.45) is 0 Å². The van der Waals surface area contributed by atoms with Gasteiger partial charge in [0.1, 0.15) is 17.8 Å². The van der Waals surface area contributed by atoms with Gasteiger partial charge in [-0.25, -0.2) is 9.97 Å². The molecule has 150 valence electrons. The number of aliphatic hydroxyl groups excluding tert-OH is 2. The minimum absolute atomic E-state index is 0.248. The highest BCUT2D eigenvalue weighted by atomic mass is 16.5. The van der Waals surface area contributed by atoms with Crippen LogP contribution in [0.4, 0.5) is 5.82 Å². The predicted molar refractivity (Wildman–Crippen MR) is 113 cm³/mol. The van der Waals surface area contributed by atoms with Crippen LogP contribution in [0.15, 0.2) is 55.0 Å². The first-order valence-corrected chi connectivity index (χ1v) is 9.71. The van der Waals surface area contributed by atoms with Crippen LogP contribution in [-0.4, -0.2) is 43.6 Å². The third-order valence-corrected chi connectivity index (χ3v) is 5.44. The molecule has 0 spiro atoms. The van der Waals surface area contributed by atoms with E-state index in [0.29, 0.717) is 28.8 Å². The molecule has 2 aromatic carbocycles. The Hall–Kier alpha value is -3.44. The lowest BCUT2D eigenvalue weighted by Gasteiger charge is -2.15. The number of anilines is 1. The second-order valence-corrected chi connectivity index (χ2v) is 7.30. The van der Waals surface area contributed by atoms with E-state index in [1.165, 1.54) is 0 Å². The molecular weight excluding hydrogens is 380 g/mol. The normalized spacial score (nSPS) is 21.1. The Morgan fingerprint density at radius 1 is 1.10 bits per heavy atom. The summed E-state index contributed by atoms with van der Waals surface area (Å²) in [4.78, 5) is 8.62. The molecule has 2 aromatic heterocycles. The van der Waals surface area contributed by atoms with Crippen molar-refractivity contribution >= 4 is 27.6 Å². The third-order valence-electron chi connectivity index (χ3n) is 5.44. The number of ether oxygens (including phenoxy) is 1. The zero-order valence-corrected chi connectivity index (χ0v) is 16.1. The number of nitrogens with two attached hydrogens (primary N) is 1. The molecule has 7 heteroatoms. The summed E-state index contributed by atoms with van der Waals surface area (Å²) in [5.41, 5.74) is 8.84. The van der Waals surface area contributed by atoms with Gasteiger partial charge in [0.05, 0.1) is 30.1 Å². The lowest BCUT2D eigenvalue weighted by Crippen LogP contribution is -2.24. The molecular formula is C23H20N4O3. The minimum Gasteiger partial charge on any atom is -0.394 e. The highest BCUT2D eigenvalue weighted by Gasteiger charge is 2.35. The van der Waals surface area contributed by atoms with Gasteiger partial charge >= 0.3 is 0 Å². The van der Waals surface area contributed by atoms with E-state index in [4.69, 9.17) is 10.5 Å². The van der Waals surface area contributed by atoms with Gasteiger partial charge in [-0.3, -0.25) is 0 Å². The van der Waals surface area contributed by atoms with Crippen molar-refractivity contribution in [3.63, 3.8) is 0 Å². The summed E-state index contributed by atoms with van der Waals surface area (Å²) in [7, 11) is 0. The lowest BCUT2D eigenvalue weighted by molar-refractivity contribution is -0.0430. The number of rotatable bonds is 2. The first-order chi connectivity index (χ1) is 14.7. The van der Waals surface area contributed by atoms with Gasteiger partial charge < -0.3 is 25.3 Å². The second-order valence-electron chi connectivity index (χ2n) is 7.30. The number of fused-ring (bicyclic) bond motifs is 2. The molecule has 4 N–H and O–H groups in total. The van der Waals surface area contributed by atoms with E-state index in [1.807, 2.05) is 30.3 Å². The van der Waals surface area contributed by atoms with Gasteiger partial charge in [0.25, 0.3) is 0 Å². The van der Waals surface area contributed by atoms with Gasteiger partial charge in [0.2, 0.25) is 0 Å². The summed E-state index contributed by atoms with van der Waals surface area (Å²) in [6.07, 6.45) is 1.74. The van der Waals surface area contributed by atoms with Gasteiger partial charge in [-0.05, 0) is 16.8 Å². The van der Waals surface area contributed by atoms with E-state index in [2.05, 4.69) is 33.9 Å². The molecule has 0 amide bonds. The molecule has 0 radical (unpaired) electrons. The number of hydrogen-bond donors (Lipinski definition) is 3. The SMILES string of the molecule is Nc1ncc(C#Cc2cccc3ccccc23)c2c1ncn2[C@H]1C[C@H](O)[C@@H](CO)O1. The van der Waals surface area contributed by atoms with Crippen molar-refractivity contribution in [1.29, 1.82) is 0 Å². The highest BCUT2D eigenvalue weighted by Crippen LogP contribution is 2.33. The van der Waals surface area contributed by atoms with E-state index in [-0.39, 0.29) is 6.61 Å². The van der Waals surface area contributed by atoms with Crippen LogP contribution >= 0.6 is 0 Å². The maximum absolute atomic E-state index is 10.1. The quantitative estimate of drug-likeness (QED) is 0.446. The van der Waals surface area contributed by atoms with Crippen LogP contribution in [0.1, 0.15) is 23.8 Å². The average Bonchev–Trinajstić information content (AvgIpc) is 3.37. The molecule has 30 heavy (non-hydrogen) atoms. The lowest BCUT2D eigenvalue weighted by atomic mass is 10.0. The van der Waals surface area contributed by atoms with Crippen LogP contribution in [0.5, 0.6) is 0 Å². The summed E-state index contributed by atoms with van der Waals surface area (Å²) in [5, 5.41) is 21.7. The molecule has 1 aliphatic rings. The highest BCUT2D eigenvalue weighted by molar-refractivity contribution is 5.91. The van der Waals surface area contributed by atoms with Crippen molar-refractivity contribution in [2.45, 2.75) is 24.9 Å². The van der Waals surface area contributed by atoms with E-state index in [9.17, 15) is 10.2 Å². The van der Waals surface area contributed by atoms with Crippen molar-refractivity contribution in [3.05, 3.63) is 66.1 Å². The zero-order valence-electron chi connectivity index (χ0n) is 16.1. The maximum Gasteiger partial charge on any atom is 0.151 e. The minimum atomic E-state index is -0.748. The molecule has 4 aromatic rings. The second kappa shape index (κ2) is 7.43. The predicted octanol–water partition coefficient (Wildman–Crippen LogP) is 2.21. The molecule has 0 aliphatic carbocycles. The number of hydrogen-bond acceptors (Lipinski definition) is 6. The Morgan fingerprint density at radius 3 is 2.73 bits per heavy atom. The summed E-state index contributed by atoms with van der Waals surface area (Å²) in [6, 6.07) is 14.1. The fourth-order valence-electron chi connectivity index (χ4n) is 3.90. The van der Waals surface area contributed by atoms with Gasteiger partial charge in [0, 0.05) is 18.2 Å². The van der Waals surface area contributed by atoms with E-state index in [1.54, 1.807) is 17.1 Å². The van der Waals surface area contributed by atoms with Gasteiger partial charge in [-0.2, -0.15) is 0 Å². The fraction of sp³-hybridized carbons (Fsp3) is 0.217. The maximum atomic E-state index is 10.1. The molecule has 0 unspecified atom stereocenters. The van der Waals surface area contributed by atoms with Crippen LogP contribution in [-0.2, 0) is 4.74 Å². The number of benzene rings is 2. The van der Waals surface area contributed by atoms with Crippen molar-refractivity contribution in [1.82, 2.24) is 14.5 Å². The van der Waals surface area contributed by atoms with Crippen LogP contribution in [0.2, 0.25) is 0 Å². The molecule has 3 atom stereocenters. The Bertz CT molecular complexity index is 1300. The Morgan fingerprint density at radius 2 is 1.90 bits per heavy atom. The Kier molecular flexibility index (Phi) is 4.60. The molecule has 5 rings (SSSR count). The number of aromatic nitrogens is 3.